The van der Waals surface area contributed by atoms with Crippen molar-refractivity contribution in [3.63, 3.8) is 0 Å². The highest BCUT2D eigenvalue weighted by Crippen LogP contribution is 2.24. The van der Waals surface area contributed by atoms with Gasteiger partial charge in [0.25, 0.3) is 5.91 Å². The van der Waals surface area contributed by atoms with E-state index in [1.54, 1.807) is 12.0 Å². The summed E-state index contributed by atoms with van der Waals surface area (Å²) in [6.45, 7) is 1.52. The zero-order valence-electron chi connectivity index (χ0n) is 18.5. The molecular weight excluding hydrogens is 400 g/mol. The number of likely N-dealkylation sites (N-methyl/N-ethyl adjacent to an activating group) is 1. The molecule has 4 rings (SSSR count). The van der Waals surface area contributed by atoms with Gasteiger partial charge in [-0.2, -0.15) is 0 Å². The smallest absolute Gasteiger partial charge is 0.253 e. The zero-order chi connectivity index (χ0) is 22.5. The van der Waals surface area contributed by atoms with Crippen LogP contribution in [0.4, 0.5) is 0 Å². The van der Waals surface area contributed by atoms with Gasteiger partial charge in [0, 0.05) is 32.2 Å². The Bertz CT molecular complexity index is 1060. The molecule has 1 atom stereocenters. The molecule has 0 unspecified atom stereocenters. The van der Waals surface area contributed by atoms with E-state index in [0.29, 0.717) is 31.6 Å². The van der Waals surface area contributed by atoms with Gasteiger partial charge in [0.15, 0.2) is 0 Å². The fourth-order valence-corrected chi connectivity index (χ4v) is 4.13. The monoisotopic (exact) mass is 428 g/mol. The largest absolute Gasteiger partial charge is 0.497 e. The minimum Gasteiger partial charge on any atom is -0.497 e. The average Bonchev–Trinajstić information content (AvgIpc) is 2.98. The highest BCUT2D eigenvalue weighted by Gasteiger charge is 2.31. The van der Waals surface area contributed by atoms with Crippen LogP contribution in [0, 0.1) is 5.92 Å². The fourth-order valence-electron chi connectivity index (χ4n) is 4.13. The molecule has 0 spiro atoms. The maximum absolute atomic E-state index is 13.0. The average molecular weight is 429 g/mol. The Kier molecular flexibility index (Phi) is 6.55. The van der Waals surface area contributed by atoms with Gasteiger partial charge in [0.1, 0.15) is 5.75 Å². The number of hydrogen-bond donors (Lipinski definition) is 0. The summed E-state index contributed by atoms with van der Waals surface area (Å²) in [7, 11) is 3.48. The van der Waals surface area contributed by atoms with Crippen LogP contribution in [-0.2, 0) is 11.2 Å². The Morgan fingerprint density at radius 2 is 1.53 bits per heavy atom. The first-order valence-electron chi connectivity index (χ1n) is 10.9. The van der Waals surface area contributed by atoms with Crippen molar-refractivity contribution >= 4 is 11.8 Å². The molecular formula is C27H28N2O3. The van der Waals surface area contributed by atoms with Crippen molar-refractivity contribution in [3.05, 3.63) is 90.0 Å². The number of amides is 2. The van der Waals surface area contributed by atoms with Gasteiger partial charge in [-0.3, -0.25) is 9.59 Å². The molecule has 164 valence electrons. The van der Waals surface area contributed by atoms with E-state index in [4.69, 9.17) is 4.74 Å². The van der Waals surface area contributed by atoms with Gasteiger partial charge in [0.2, 0.25) is 5.91 Å². The second kappa shape index (κ2) is 9.69. The Balaban J connectivity index is 1.49. The lowest BCUT2D eigenvalue weighted by Crippen LogP contribution is -2.37. The van der Waals surface area contributed by atoms with Crippen molar-refractivity contribution in [2.45, 2.75) is 6.42 Å². The standard InChI is InChI=1S/C27H28N2O3/c1-28-16-17-29(27(31)23-6-4-3-5-7-23)19-24(26(28)30)18-20-8-10-21(11-9-20)22-12-14-25(32-2)15-13-22/h3-15,24H,16-19H2,1-2H3/t24-/m1/s1. The molecule has 3 aromatic carbocycles. The minimum atomic E-state index is -0.262. The lowest BCUT2D eigenvalue weighted by Gasteiger charge is -2.23. The van der Waals surface area contributed by atoms with Gasteiger partial charge in [-0.05, 0) is 47.4 Å². The Morgan fingerprint density at radius 3 is 2.16 bits per heavy atom. The normalized spacial score (nSPS) is 16.6. The molecule has 5 heteroatoms. The molecule has 0 bridgehead atoms. The Morgan fingerprint density at radius 1 is 0.906 bits per heavy atom. The fraction of sp³-hybridized carbons (Fsp3) is 0.259. The maximum Gasteiger partial charge on any atom is 0.253 e. The molecule has 2 amide bonds. The molecule has 1 aliphatic heterocycles. The lowest BCUT2D eigenvalue weighted by atomic mass is 9.95. The number of methoxy groups -OCH3 is 1. The third-order valence-electron chi connectivity index (χ3n) is 6.04. The number of benzene rings is 3. The first-order chi connectivity index (χ1) is 15.5. The zero-order valence-corrected chi connectivity index (χ0v) is 18.5. The number of rotatable bonds is 5. The molecule has 0 aliphatic carbocycles. The molecule has 0 saturated carbocycles. The summed E-state index contributed by atoms with van der Waals surface area (Å²) in [5.74, 6) is 0.638. The summed E-state index contributed by atoms with van der Waals surface area (Å²) >= 11 is 0. The number of hydrogen-bond acceptors (Lipinski definition) is 3. The summed E-state index contributed by atoms with van der Waals surface area (Å²) in [5.41, 5.74) is 3.97. The van der Waals surface area contributed by atoms with Crippen molar-refractivity contribution in [3.8, 4) is 16.9 Å². The van der Waals surface area contributed by atoms with Crippen LogP contribution >= 0.6 is 0 Å². The van der Waals surface area contributed by atoms with Crippen LogP contribution in [0.5, 0.6) is 5.75 Å². The highest BCUT2D eigenvalue weighted by atomic mass is 16.5. The van der Waals surface area contributed by atoms with Crippen molar-refractivity contribution in [1.82, 2.24) is 9.80 Å². The molecule has 1 saturated heterocycles. The summed E-state index contributed by atoms with van der Waals surface area (Å²) in [5, 5.41) is 0. The molecule has 32 heavy (non-hydrogen) atoms. The van der Waals surface area contributed by atoms with Crippen LogP contribution in [-0.4, -0.2) is 55.4 Å². The summed E-state index contributed by atoms with van der Waals surface area (Å²) in [4.78, 5) is 29.5. The van der Waals surface area contributed by atoms with E-state index < -0.39 is 0 Å². The van der Waals surface area contributed by atoms with E-state index in [1.807, 2.05) is 66.5 Å². The quantitative estimate of drug-likeness (QED) is 0.614. The third kappa shape index (κ3) is 4.83. The van der Waals surface area contributed by atoms with Gasteiger partial charge in [-0.1, -0.05) is 54.6 Å². The number of carbonyl (C=O) groups excluding carboxylic acids is 2. The first-order valence-corrected chi connectivity index (χ1v) is 10.9. The Hall–Kier alpha value is -3.60. The first kappa shape index (κ1) is 21.6. The topological polar surface area (TPSA) is 49.9 Å². The van der Waals surface area contributed by atoms with E-state index in [0.717, 1.165) is 22.4 Å². The maximum atomic E-state index is 13.0. The van der Waals surface area contributed by atoms with E-state index in [-0.39, 0.29) is 17.7 Å². The Labute approximate surface area is 189 Å². The molecule has 1 heterocycles. The summed E-state index contributed by atoms with van der Waals surface area (Å²) < 4.78 is 5.23. The molecule has 0 radical (unpaired) electrons. The molecule has 5 nitrogen and oxygen atoms in total. The molecule has 0 aromatic heterocycles. The molecule has 3 aromatic rings. The van der Waals surface area contributed by atoms with Crippen molar-refractivity contribution in [1.29, 1.82) is 0 Å². The van der Waals surface area contributed by atoms with E-state index in [1.165, 1.54) is 0 Å². The van der Waals surface area contributed by atoms with Crippen LogP contribution in [0.2, 0.25) is 0 Å². The van der Waals surface area contributed by atoms with Crippen molar-refractivity contribution in [2.24, 2.45) is 5.92 Å². The third-order valence-corrected chi connectivity index (χ3v) is 6.04. The van der Waals surface area contributed by atoms with Gasteiger partial charge in [0.05, 0.1) is 13.0 Å². The second-order valence-corrected chi connectivity index (χ2v) is 8.20. The lowest BCUT2D eigenvalue weighted by molar-refractivity contribution is -0.133. The van der Waals surface area contributed by atoms with Crippen LogP contribution in [0.1, 0.15) is 15.9 Å². The van der Waals surface area contributed by atoms with Gasteiger partial charge < -0.3 is 14.5 Å². The SMILES string of the molecule is COc1ccc(-c2ccc(C[C@@H]3CN(C(=O)c4ccccc4)CCN(C)C3=O)cc2)cc1. The summed E-state index contributed by atoms with van der Waals surface area (Å²) in [6.07, 6.45) is 0.602. The predicted molar refractivity (Wildman–Crippen MR) is 126 cm³/mol. The number of ether oxygens (including phenoxy) is 1. The molecule has 1 fully saturated rings. The highest BCUT2D eigenvalue weighted by molar-refractivity contribution is 5.94. The minimum absolute atomic E-state index is 0.0199. The number of nitrogens with zero attached hydrogens (tertiary/aromatic N) is 2. The van der Waals surface area contributed by atoms with E-state index in [2.05, 4.69) is 24.3 Å². The molecule has 0 N–H and O–H groups in total. The van der Waals surface area contributed by atoms with Crippen LogP contribution in [0.3, 0.4) is 0 Å². The van der Waals surface area contributed by atoms with Crippen molar-refractivity contribution in [2.75, 3.05) is 33.8 Å². The van der Waals surface area contributed by atoms with Crippen molar-refractivity contribution < 1.29 is 14.3 Å². The van der Waals surface area contributed by atoms with Gasteiger partial charge in [-0.25, -0.2) is 0 Å². The van der Waals surface area contributed by atoms with E-state index >= 15 is 0 Å². The molecule has 1 aliphatic rings. The second-order valence-electron chi connectivity index (χ2n) is 8.20. The van der Waals surface area contributed by atoms with Crippen LogP contribution < -0.4 is 4.74 Å². The summed E-state index contributed by atoms with van der Waals surface area (Å²) in [6, 6.07) is 25.5. The number of carbonyl (C=O) groups is 2. The van der Waals surface area contributed by atoms with Crippen LogP contribution in [0.25, 0.3) is 11.1 Å². The van der Waals surface area contributed by atoms with Gasteiger partial charge in [-0.15, -0.1) is 0 Å². The van der Waals surface area contributed by atoms with Gasteiger partial charge >= 0.3 is 0 Å². The van der Waals surface area contributed by atoms with E-state index in [9.17, 15) is 9.59 Å². The van der Waals surface area contributed by atoms with Crippen LogP contribution in [0.15, 0.2) is 78.9 Å². The predicted octanol–water partition coefficient (Wildman–Crippen LogP) is 4.14.